The van der Waals surface area contributed by atoms with Gasteiger partial charge in [-0.15, -0.1) is 0 Å². The minimum Gasteiger partial charge on any atom is -0.399 e. The summed E-state index contributed by atoms with van der Waals surface area (Å²) in [4.78, 5) is 4.52. The van der Waals surface area contributed by atoms with Crippen molar-refractivity contribution in [3.05, 3.63) is 24.0 Å². The van der Waals surface area contributed by atoms with Crippen molar-refractivity contribution in [2.75, 3.05) is 12.3 Å². The fraction of sp³-hybridized carbons (Fsp3) is 0.500. The summed E-state index contributed by atoms with van der Waals surface area (Å²) < 4.78 is 7.88. The number of nitrogens with zero attached hydrogens (tertiary/aromatic N) is 2. The monoisotopic (exact) mass is 277 g/mol. The first kappa shape index (κ1) is 14.1. The minimum absolute atomic E-state index is 0.552. The molecule has 1 heterocycles. The van der Waals surface area contributed by atoms with Crippen LogP contribution in [0.15, 0.2) is 18.2 Å². The summed E-state index contributed by atoms with van der Waals surface area (Å²) in [6.45, 7) is 10.4. The first-order chi connectivity index (χ1) is 8.87. The van der Waals surface area contributed by atoms with Gasteiger partial charge in [0.05, 0.1) is 11.0 Å². The third-order valence-electron chi connectivity index (χ3n) is 3.18. The Morgan fingerprint density at radius 1 is 1.32 bits per heavy atom. The normalized spacial score (nSPS) is 12.2. The maximum atomic E-state index is 5.84. The number of imidazole rings is 1. The van der Waals surface area contributed by atoms with Gasteiger partial charge in [-0.25, -0.2) is 4.98 Å². The van der Waals surface area contributed by atoms with Gasteiger partial charge >= 0.3 is 0 Å². The molecule has 0 radical (unpaired) electrons. The molecule has 104 valence electrons. The third-order valence-corrected chi connectivity index (χ3v) is 4.88. The van der Waals surface area contributed by atoms with E-state index in [1.807, 2.05) is 25.1 Å². The standard InChI is InChI=1S/C14H23N3OSi/c1-11-16-13-6-5-12(15)9-14(13)17(11)10-18-7-8-19(2,3)4/h5-6,9H,7-8,10,15H2,1-4H3. The maximum Gasteiger partial charge on any atom is 0.124 e. The van der Waals surface area contributed by atoms with E-state index in [2.05, 4.69) is 29.2 Å². The van der Waals surface area contributed by atoms with E-state index in [4.69, 9.17) is 10.5 Å². The number of nitrogens with two attached hydrogens (primary N) is 1. The highest BCUT2D eigenvalue weighted by Crippen LogP contribution is 2.19. The molecule has 0 atom stereocenters. The number of anilines is 1. The summed E-state index contributed by atoms with van der Waals surface area (Å²) in [6.07, 6.45) is 0. The van der Waals surface area contributed by atoms with Crippen molar-refractivity contribution in [1.82, 2.24) is 9.55 Å². The summed E-state index contributed by atoms with van der Waals surface area (Å²) in [6, 6.07) is 6.97. The largest absolute Gasteiger partial charge is 0.399 e. The molecule has 1 aromatic carbocycles. The molecule has 0 unspecified atom stereocenters. The molecular weight excluding hydrogens is 254 g/mol. The minimum atomic E-state index is -1.03. The topological polar surface area (TPSA) is 53.1 Å². The second-order valence-corrected chi connectivity index (χ2v) is 11.8. The van der Waals surface area contributed by atoms with Gasteiger partial charge in [-0.05, 0) is 31.2 Å². The van der Waals surface area contributed by atoms with Crippen LogP contribution in [0.1, 0.15) is 5.82 Å². The molecule has 0 saturated carbocycles. The van der Waals surface area contributed by atoms with Gasteiger partial charge in [0, 0.05) is 20.4 Å². The molecule has 0 aliphatic heterocycles. The zero-order chi connectivity index (χ0) is 14.0. The second-order valence-electron chi connectivity index (χ2n) is 6.18. The van der Waals surface area contributed by atoms with E-state index in [1.54, 1.807) is 0 Å². The summed E-state index contributed by atoms with van der Waals surface area (Å²) in [5, 5.41) is 0. The molecule has 0 aliphatic carbocycles. The van der Waals surface area contributed by atoms with E-state index in [-0.39, 0.29) is 0 Å². The number of hydrogen-bond acceptors (Lipinski definition) is 3. The highest BCUT2D eigenvalue weighted by atomic mass is 28.3. The van der Waals surface area contributed by atoms with Crippen LogP contribution in [-0.4, -0.2) is 24.2 Å². The van der Waals surface area contributed by atoms with Crippen molar-refractivity contribution >= 4 is 24.8 Å². The van der Waals surface area contributed by atoms with Gasteiger partial charge in [0.1, 0.15) is 12.6 Å². The van der Waals surface area contributed by atoms with Gasteiger partial charge in [0.15, 0.2) is 0 Å². The van der Waals surface area contributed by atoms with E-state index in [0.29, 0.717) is 6.73 Å². The number of rotatable bonds is 5. The molecule has 0 fully saturated rings. The van der Waals surface area contributed by atoms with Crippen LogP contribution in [0.2, 0.25) is 25.7 Å². The Morgan fingerprint density at radius 2 is 2.05 bits per heavy atom. The molecule has 0 saturated heterocycles. The van der Waals surface area contributed by atoms with Crippen molar-refractivity contribution in [2.24, 2.45) is 0 Å². The quantitative estimate of drug-likeness (QED) is 0.518. The van der Waals surface area contributed by atoms with Gasteiger partial charge in [0.2, 0.25) is 0 Å². The molecule has 5 heteroatoms. The number of benzene rings is 1. The Hall–Kier alpha value is -1.33. The predicted octanol–water partition coefficient (Wildman–Crippen LogP) is 3.24. The van der Waals surface area contributed by atoms with E-state index in [9.17, 15) is 0 Å². The smallest absolute Gasteiger partial charge is 0.124 e. The zero-order valence-electron chi connectivity index (χ0n) is 12.2. The Kier molecular flexibility index (Phi) is 3.96. The number of aromatic nitrogens is 2. The first-order valence-electron chi connectivity index (χ1n) is 6.67. The van der Waals surface area contributed by atoms with Crippen LogP contribution in [0.3, 0.4) is 0 Å². The summed E-state index contributed by atoms with van der Waals surface area (Å²) in [5.74, 6) is 0.966. The van der Waals surface area contributed by atoms with Crippen molar-refractivity contribution in [3.63, 3.8) is 0 Å². The fourth-order valence-electron chi connectivity index (χ4n) is 1.96. The molecule has 2 N–H and O–H groups in total. The average molecular weight is 277 g/mol. The number of hydrogen-bond donors (Lipinski definition) is 1. The SMILES string of the molecule is Cc1nc2ccc(N)cc2n1COCC[Si](C)(C)C. The number of nitrogen functional groups attached to an aromatic ring is 1. The second kappa shape index (κ2) is 5.34. The summed E-state index contributed by atoms with van der Waals surface area (Å²) >= 11 is 0. The van der Waals surface area contributed by atoms with E-state index >= 15 is 0 Å². The fourth-order valence-corrected chi connectivity index (χ4v) is 2.71. The lowest BCUT2D eigenvalue weighted by atomic mass is 10.3. The maximum absolute atomic E-state index is 5.84. The highest BCUT2D eigenvalue weighted by Gasteiger charge is 2.13. The van der Waals surface area contributed by atoms with Gasteiger partial charge in [-0.2, -0.15) is 0 Å². The molecule has 2 aromatic rings. The number of fused-ring (bicyclic) bond motifs is 1. The summed E-state index contributed by atoms with van der Waals surface area (Å²) in [7, 11) is -1.03. The van der Waals surface area contributed by atoms with Crippen molar-refractivity contribution in [1.29, 1.82) is 0 Å². The van der Waals surface area contributed by atoms with Gasteiger partial charge in [-0.1, -0.05) is 19.6 Å². The Bertz CT molecular complexity index is 572. The number of ether oxygens (including phenoxy) is 1. The third kappa shape index (κ3) is 3.58. The lowest BCUT2D eigenvalue weighted by Gasteiger charge is -2.16. The molecule has 0 aliphatic rings. The van der Waals surface area contributed by atoms with Crippen LogP contribution < -0.4 is 5.73 Å². The van der Waals surface area contributed by atoms with Crippen LogP contribution >= 0.6 is 0 Å². The molecule has 1 aromatic heterocycles. The Morgan fingerprint density at radius 3 is 2.74 bits per heavy atom. The van der Waals surface area contributed by atoms with Crippen LogP contribution in [0.5, 0.6) is 0 Å². The molecule has 0 bridgehead atoms. The van der Waals surface area contributed by atoms with Crippen LogP contribution in [0.25, 0.3) is 11.0 Å². The van der Waals surface area contributed by atoms with Crippen molar-refractivity contribution in [2.45, 2.75) is 39.3 Å². The lowest BCUT2D eigenvalue weighted by molar-refractivity contribution is 0.0885. The van der Waals surface area contributed by atoms with E-state index in [1.165, 1.54) is 6.04 Å². The zero-order valence-corrected chi connectivity index (χ0v) is 13.2. The molecule has 0 spiro atoms. The van der Waals surface area contributed by atoms with Crippen molar-refractivity contribution in [3.8, 4) is 0 Å². The van der Waals surface area contributed by atoms with Gasteiger partial charge in [-0.3, -0.25) is 0 Å². The molecular formula is C14H23N3OSi. The van der Waals surface area contributed by atoms with Gasteiger partial charge in [0.25, 0.3) is 0 Å². The average Bonchev–Trinajstić information content (AvgIpc) is 2.59. The highest BCUT2D eigenvalue weighted by molar-refractivity contribution is 6.76. The van der Waals surface area contributed by atoms with E-state index < -0.39 is 8.07 Å². The Balaban J connectivity index is 2.08. The van der Waals surface area contributed by atoms with Crippen LogP contribution in [0, 0.1) is 6.92 Å². The molecule has 0 amide bonds. The molecule has 19 heavy (non-hydrogen) atoms. The summed E-state index contributed by atoms with van der Waals surface area (Å²) in [5.41, 5.74) is 8.62. The number of aryl methyl sites for hydroxylation is 1. The molecule has 4 nitrogen and oxygen atoms in total. The molecule has 2 rings (SSSR count). The lowest BCUT2D eigenvalue weighted by Crippen LogP contribution is -2.22. The van der Waals surface area contributed by atoms with Crippen LogP contribution in [0.4, 0.5) is 5.69 Å². The first-order valence-corrected chi connectivity index (χ1v) is 10.4. The van der Waals surface area contributed by atoms with E-state index in [0.717, 1.165) is 29.2 Å². The predicted molar refractivity (Wildman–Crippen MR) is 83.0 cm³/mol. The van der Waals surface area contributed by atoms with Crippen molar-refractivity contribution < 1.29 is 4.74 Å². The van der Waals surface area contributed by atoms with Crippen LogP contribution in [-0.2, 0) is 11.5 Å². The van der Waals surface area contributed by atoms with Gasteiger partial charge < -0.3 is 15.0 Å². The Labute approximate surface area is 115 Å².